The zero-order valence-electron chi connectivity index (χ0n) is 10.5. The summed E-state index contributed by atoms with van der Waals surface area (Å²) in [5.41, 5.74) is -0.0929. The van der Waals surface area contributed by atoms with Crippen LogP contribution in [0.15, 0.2) is 0 Å². The lowest BCUT2D eigenvalue weighted by molar-refractivity contribution is 0.104. The van der Waals surface area contributed by atoms with E-state index in [-0.39, 0.29) is 12.1 Å². The van der Waals surface area contributed by atoms with E-state index >= 15 is 0 Å². The number of hydrogen-bond donors (Lipinski definition) is 2. The molecule has 0 aromatic carbocycles. The summed E-state index contributed by atoms with van der Waals surface area (Å²) in [6, 6.07) is 0. The molecule has 0 rings (SSSR count). The van der Waals surface area contributed by atoms with Crippen molar-refractivity contribution in [3.63, 3.8) is 0 Å². The number of rotatable bonds is 10. The van der Waals surface area contributed by atoms with Crippen LogP contribution in [0.1, 0.15) is 46.5 Å². The summed E-state index contributed by atoms with van der Waals surface area (Å²) in [6.45, 7) is 9.08. The molecule has 15 heavy (non-hydrogen) atoms. The van der Waals surface area contributed by atoms with Crippen LogP contribution < -0.4 is 5.32 Å². The minimum Gasteiger partial charge on any atom is -0.394 e. The summed E-state index contributed by atoms with van der Waals surface area (Å²) in [5, 5.41) is 12.8. The number of aliphatic hydroxyl groups excluding tert-OH is 1. The molecule has 0 saturated carbocycles. The van der Waals surface area contributed by atoms with Crippen molar-refractivity contribution in [2.24, 2.45) is 0 Å². The smallest absolute Gasteiger partial charge is 0.0613 e. The predicted molar refractivity (Wildman–Crippen MR) is 64.1 cm³/mol. The third kappa shape index (κ3) is 6.13. The van der Waals surface area contributed by atoms with E-state index in [0.29, 0.717) is 0 Å². The highest BCUT2D eigenvalue weighted by Crippen LogP contribution is 2.16. The van der Waals surface area contributed by atoms with Crippen molar-refractivity contribution in [3.05, 3.63) is 0 Å². The fourth-order valence-corrected chi connectivity index (χ4v) is 1.77. The Balaban J connectivity index is 3.74. The standard InChI is InChI=1S/C12H27NO2/c1-4-9-15-10-7-8-12(5-2,11-14)13-6-3/h13-14H,4-11H2,1-3H3. The zero-order valence-corrected chi connectivity index (χ0v) is 10.5. The Labute approximate surface area is 94.2 Å². The molecule has 0 spiro atoms. The van der Waals surface area contributed by atoms with Gasteiger partial charge in [0.05, 0.1) is 6.61 Å². The fourth-order valence-electron chi connectivity index (χ4n) is 1.77. The van der Waals surface area contributed by atoms with Crippen molar-refractivity contribution in [1.82, 2.24) is 5.32 Å². The molecule has 0 saturated heterocycles. The second kappa shape index (κ2) is 9.13. The Morgan fingerprint density at radius 2 is 1.93 bits per heavy atom. The first-order valence-electron chi connectivity index (χ1n) is 6.18. The van der Waals surface area contributed by atoms with E-state index in [1.54, 1.807) is 0 Å². The number of aliphatic hydroxyl groups is 1. The molecule has 1 atom stereocenters. The highest BCUT2D eigenvalue weighted by molar-refractivity contribution is 4.85. The van der Waals surface area contributed by atoms with Crippen LogP contribution in [-0.4, -0.2) is 37.0 Å². The van der Waals surface area contributed by atoms with Gasteiger partial charge in [0.1, 0.15) is 0 Å². The van der Waals surface area contributed by atoms with Gasteiger partial charge in [0, 0.05) is 18.8 Å². The fraction of sp³-hybridized carbons (Fsp3) is 1.00. The van der Waals surface area contributed by atoms with Gasteiger partial charge in [-0.1, -0.05) is 20.8 Å². The average Bonchev–Trinajstić information content (AvgIpc) is 2.27. The van der Waals surface area contributed by atoms with E-state index in [1.807, 2.05) is 0 Å². The molecule has 0 aliphatic carbocycles. The van der Waals surface area contributed by atoms with Gasteiger partial charge in [0.2, 0.25) is 0 Å². The molecule has 0 aliphatic rings. The minimum absolute atomic E-state index is 0.0929. The average molecular weight is 217 g/mol. The van der Waals surface area contributed by atoms with Crippen LogP contribution in [0.4, 0.5) is 0 Å². The Hall–Kier alpha value is -0.120. The Morgan fingerprint density at radius 3 is 2.40 bits per heavy atom. The first-order chi connectivity index (χ1) is 7.24. The first kappa shape index (κ1) is 14.9. The van der Waals surface area contributed by atoms with Crippen molar-refractivity contribution in [3.8, 4) is 0 Å². The van der Waals surface area contributed by atoms with Crippen molar-refractivity contribution in [2.75, 3.05) is 26.4 Å². The molecule has 0 radical (unpaired) electrons. The number of ether oxygens (including phenoxy) is 1. The van der Waals surface area contributed by atoms with Gasteiger partial charge in [-0.05, 0) is 32.2 Å². The lowest BCUT2D eigenvalue weighted by Crippen LogP contribution is -2.48. The number of hydrogen-bond acceptors (Lipinski definition) is 3. The van der Waals surface area contributed by atoms with Crippen LogP contribution in [-0.2, 0) is 4.74 Å². The molecule has 0 heterocycles. The number of likely N-dealkylation sites (N-methyl/N-ethyl adjacent to an activating group) is 1. The molecule has 2 N–H and O–H groups in total. The third-order valence-corrected chi connectivity index (χ3v) is 2.82. The summed E-state index contributed by atoms with van der Waals surface area (Å²) >= 11 is 0. The van der Waals surface area contributed by atoms with Gasteiger partial charge >= 0.3 is 0 Å². The predicted octanol–water partition coefficient (Wildman–Crippen LogP) is 1.94. The maximum atomic E-state index is 9.41. The van der Waals surface area contributed by atoms with Gasteiger partial charge in [-0.2, -0.15) is 0 Å². The molecule has 0 aromatic heterocycles. The lowest BCUT2D eigenvalue weighted by Gasteiger charge is -2.31. The SMILES string of the molecule is CCCOCCCC(CC)(CO)NCC. The van der Waals surface area contributed by atoms with Crippen LogP contribution in [0.2, 0.25) is 0 Å². The van der Waals surface area contributed by atoms with E-state index in [0.717, 1.165) is 45.4 Å². The number of nitrogens with one attached hydrogen (secondary N) is 1. The highest BCUT2D eigenvalue weighted by Gasteiger charge is 2.24. The molecule has 0 bridgehead atoms. The monoisotopic (exact) mass is 217 g/mol. The molecule has 3 nitrogen and oxygen atoms in total. The quantitative estimate of drug-likeness (QED) is 0.550. The maximum absolute atomic E-state index is 9.41. The molecule has 3 heteroatoms. The van der Waals surface area contributed by atoms with E-state index in [2.05, 4.69) is 26.1 Å². The van der Waals surface area contributed by atoms with Gasteiger partial charge in [0.15, 0.2) is 0 Å². The highest BCUT2D eigenvalue weighted by atomic mass is 16.5. The molecule has 0 aliphatic heterocycles. The third-order valence-electron chi connectivity index (χ3n) is 2.82. The van der Waals surface area contributed by atoms with E-state index in [4.69, 9.17) is 4.74 Å². The zero-order chi connectivity index (χ0) is 11.6. The molecular weight excluding hydrogens is 190 g/mol. The van der Waals surface area contributed by atoms with Crippen molar-refractivity contribution >= 4 is 0 Å². The van der Waals surface area contributed by atoms with Crippen molar-refractivity contribution in [1.29, 1.82) is 0 Å². The lowest BCUT2D eigenvalue weighted by atomic mass is 9.91. The molecule has 0 amide bonds. The summed E-state index contributed by atoms with van der Waals surface area (Å²) in [7, 11) is 0. The van der Waals surface area contributed by atoms with Crippen LogP contribution in [0.5, 0.6) is 0 Å². The van der Waals surface area contributed by atoms with Crippen LogP contribution >= 0.6 is 0 Å². The minimum atomic E-state index is -0.0929. The van der Waals surface area contributed by atoms with Gasteiger partial charge in [-0.3, -0.25) is 0 Å². The summed E-state index contributed by atoms with van der Waals surface area (Å²) in [4.78, 5) is 0. The molecular formula is C12H27NO2. The Kier molecular flexibility index (Phi) is 9.06. The van der Waals surface area contributed by atoms with E-state index in [1.165, 1.54) is 0 Å². The van der Waals surface area contributed by atoms with Crippen LogP contribution in [0, 0.1) is 0 Å². The van der Waals surface area contributed by atoms with Crippen LogP contribution in [0.3, 0.4) is 0 Å². The summed E-state index contributed by atoms with van der Waals surface area (Å²) in [5.74, 6) is 0. The van der Waals surface area contributed by atoms with Gasteiger partial charge in [0.25, 0.3) is 0 Å². The van der Waals surface area contributed by atoms with Crippen LogP contribution in [0.25, 0.3) is 0 Å². The van der Waals surface area contributed by atoms with Crippen molar-refractivity contribution < 1.29 is 9.84 Å². The topological polar surface area (TPSA) is 41.5 Å². The second-order valence-corrected chi connectivity index (χ2v) is 4.04. The normalized spacial score (nSPS) is 15.2. The van der Waals surface area contributed by atoms with E-state index in [9.17, 15) is 5.11 Å². The Morgan fingerprint density at radius 1 is 1.20 bits per heavy atom. The van der Waals surface area contributed by atoms with Gasteiger partial charge in [-0.25, -0.2) is 0 Å². The molecule has 0 aromatic rings. The largest absolute Gasteiger partial charge is 0.394 e. The molecule has 92 valence electrons. The first-order valence-corrected chi connectivity index (χ1v) is 6.18. The molecule has 0 fully saturated rings. The van der Waals surface area contributed by atoms with Gasteiger partial charge < -0.3 is 15.2 Å². The Bertz CT molecular complexity index is 136. The molecule has 1 unspecified atom stereocenters. The van der Waals surface area contributed by atoms with E-state index < -0.39 is 0 Å². The summed E-state index contributed by atoms with van der Waals surface area (Å²) < 4.78 is 5.44. The summed E-state index contributed by atoms with van der Waals surface area (Å²) in [6.07, 6.45) is 4.04. The van der Waals surface area contributed by atoms with Crippen molar-refractivity contribution in [2.45, 2.75) is 52.0 Å². The second-order valence-electron chi connectivity index (χ2n) is 4.04. The van der Waals surface area contributed by atoms with Gasteiger partial charge in [-0.15, -0.1) is 0 Å². The maximum Gasteiger partial charge on any atom is 0.0613 e.